The lowest BCUT2D eigenvalue weighted by atomic mass is 9.95. The van der Waals surface area contributed by atoms with Crippen LogP contribution in [0.15, 0.2) is 12.1 Å². The Labute approximate surface area is 126 Å². The van der Waals surface area contributed by atoms with E-state index in [9.17, 15) is 4.79 Å². The standard InChI is InChI=1S/C17H25N3O/c1-11-5-3-2-4-6-14(11)19-16-9-12-7-8-17(21)20-15(12)10-13(16)18/h9-11,14,19H,2-8,18H2,1H3,(H,20,21). The average molecular weight is 287 g/mol. The highest BCUT2D eigenvalue weighted by molar-refractivity contribution is 5.95. The highest BCUT2D eigenvalue weighted by atomic mass is 16.1. The van der Waals surface area contributed by atoms with E-state index in [0.717, 1.165) is 23.5 Å². The molecular weight excluding hydrogens is 262 g/mol. The van der Waals surface area contributed by atoms with E-state index in [1.165, 1.54) is 37.7 Å². The lowest BCUT2D eigenvalue weighted by Gasteiger charge is -2.26. The van der Waals surface area contributed by atoms with Crippen molar-refractivity contribution in [3.05, 3.63) is 17.7 Å². The van der Waals surface area contributed by atoms with Gasteiger partial charge < -0.3 is 16.4 Å². The number of rotatable bonds is 2. The summed E-state index contributed by atoms with van der Waals surface area (Å²) in [6.07, 6.45) is 7.85. The van der Waals surface area contributed by atoms with E-state index in [4.69, 9.17) is 5.73 Å². The lowest BCUT2D eigenvalue weighted by molar-refractivity contribution is -0.116. The summed E-state index contributed by atoms with van der Waals surface area (Å²) in [7, 11) is 0. The molecule has 1 aliphatic carbocycles. The van der Waals surface area contributed by atoms with Crippen LogP contribution < -0.4 is 16.4 Å². The number of carbonyl (C=O) groups excluding carboxylic acids is 1. The van der Waals surface area contributed by atoms with Crippen molar-refractivity contribution in [1.29, 1.82) is 0 Å². The van der Waals surface area contributed by atoms with Crippen LogP contribution in [0, 0.1) is 5.92 Å². The molecule has 1 aromatic carbocycles. The van der Waals surface area contributed by atoms with Gasteiger partial charge >= 0.3 is 0 Å². The molecule has 1 saturated carbocycles. The Bertz CT molecular complexity index is 541. The fourth-order valence-electron chi connectivity index (χ4n) is 3.48. The first-order valence-corrected chi connectivity index (χ1v) is 8.12. The Hall–Kier alpha value is -1.71. The largest absolute Gasteiger partial charge is 0.397 e. The zero-order chi connectivity index (χ0) is 14.8. The first-order chi connectivity index (χ1) is 10.1. The minimum absolute atomic E-state index is 0.0833. The Balaban J connectivity index is 1.80. The van der Waals surface area contributed by atoms with Gasteiger partial charge in [0.2, 0.25) is 5.91 Å². The van der Waals surface area contributed by atoms with Crippen LogP contribution in [0.1, 0.15) is 51.0 Å². The van der Waals surface area contributed by atoms with Crippen LogP contribution in [-0.2, 0) is 11.2 Å². The quantitative estimate of drug-likeness (QED) is 0.576. The minimum atomic E-state index is 0.0833. The van der Waals surface area contributed by atoms with Gasteiger partial charge in [-0.05, 0) is 42.9 Å². The zero-order valence-electron chi connectivity index (χ0n) is 12.7. The molecule has 1 aromatic rings. The van der Waals surface area contributed by atoms with Crippen LogP contribution in [0.5, 0.6) is 0 Å². The van der Waals surface area contributed by atoms with E-state index < -0.39 is 0 Å². The summed E-state index contributed by atoms with van der Waals surface area (Å²) >= 11 is 0. The maximum atomic E-state index is 11.5. The van der Waals surface area contributed by atoms with Gasteiger partial charge in [0.05, 0.1) is 11.4 Å². The van der Waals surface area contributed by atoms with Crippen molar-refractivity contribution in [2.45, 2.75) is 57.9 Å². The summed E-state index contributed by atoms with van der Waals surface area (Å²) in [6.45, 7) is 2.33. The maximum Gasteiger partial charge on any atom is 0.224 e. The normalized spacial score (nSPS) is 25.7. The molecule has 4 nitrogen and oxygen atoms in total. The first-order valence-electron chi connectivity index (χ1n) is 8.12. The molecule has 0 spiro atoms. The van der Waals surface area contributed by atoms with Gasteiger partial charge in [-0.15, -0.1) is 0 Å². The molecule has 3 rings (SSSR count). The third-order valence-electron chi connectivity index (χ3n) is 4.87. The second-order valence-electron chi connectivity index (χ2n) is 6.51. The van der Waals surface area contributed by atoms with E-state index in [0.29, 0.717) is 18.4 Å². The smallest absolute Gasteiger partial charge is 0.224 e. The average Bonchev–Trinajstić information content (AvgIpc) is 2.65. The van der Waals surface area contributed by atoms with Crippen LogP contribution in [0.25, 0.3) is 0 Å². The lowest BCUT2D eigenvalue weighted by Crippen LogP contribution is -2.27. The number of aryl methyl sites for hydroxylation is 1. The van der Waals surface area contributed by atoms with Crippen molar-refractivity contribution < 1.29 is 4.79 Å². The molecular formula is C17H25N3O. The number of carbonyl (C=O) groups is 1. The molecule has 2 atom stereocenters. The van der Waals surface area contributed by atoms with E-state index in [1.807, 2.05) is 6.07 Å². The number of amides is 1. The number of hydrogen-bond acceptors (Lipinski definition) is 3. The van der Waals surface area contributed by atoms with Crippen molar-refractivity contribution in [1.82, 2.24) is 0 Å². The maximum absolute atomic E-state index is 11.5. The number of fused-ring (bicyclic) bond motifs is 1. The fourth-order valence-corrected chi connectivity index (χ4v) is 3.48. The predicted molar refractivity (Wildman–Crippen MR) is 87.5 cm³/mol. The predicted octanol–water partition coefficient (Wildman–Crippen LogP) is 3.53. The third kappa shape index (κ3) is 3.14. The minimum Gasteiger partial charge on any atom is -0.397 e. The van der Waals surface area contributed by atoms with Crippen molar-refractivity contribution in [2.24, 2.45) is 5.92 Å². The van der Waals surface area contributed by atoms with Crippen LogP contribution in [0.3, 0.4) is 0 Å². The molecule has 1 amide bonds. The highest BCUT2D eigenvalue weighted by Gasteiger charge is 2.22. The number of benzene rings is 1. The van der Waals surface area contributed by atoms with E-state index in [2.05, 4.69) is 23.6 Å². The summed E-state index contributed by atoms with van der Waals surface area (Å²) in [5.74, 6) is 0.766. The molecule has 2 unspecified atom stereocenters. The third-order valence-corrected chi connectivity index (χ3v) is 4.87. The van der Waals surface area contributed by atoms with Gasteiger partial charge in [-0.3, -0.25) is 4.79 Å². The molecule has 4 heteroatoms. The SMILES string of the molecule is CC1CCCCCC1Nc1cc2c(cc1N)NC(=O)CC2. The topological polar surface area (TPSA) is 67.2 Å². The van der Waals surface area contributed by atoms with Gasteiger partial charge in [0.25, 0.3) is 0 Å². The van der Waals surface area contributed by atoms with Gasteiger partial charge in [-0.2, -0.15) is 0 Å². The Morgan fingerprint density at radius 1 is 1.19 bits per heavy atom. The van der Waals surface area contributed by atoms with Crippen LogP contribution >= 0.6 is 0 Å². The summed E-state index contributed by atoms with van der Waals surface area (Å²) in [5, 5.41) is 6.57. The summed E-state index contributed by atoms with van der Waals surface area (Å²) in [6, 6.07) is 4.53. The number of hydrogen-bond donors (Lipinski definition) is 3. The van der Waals surface area contributed by atoms with Crippen molar-refractivity contribution in [3.8, 4) is 0 Å². The molecule has 1 heterocycles. The van der Waals surface area contributed by atoms with Gasteiger partial charge in [0, 0.05) is 18.2 Å². The fraction of sp³-hybridized carbons (Fsp3) is 0.588. The number of nitrogen functional groups attached to an aromatic ring is 1. The highest BCUT2D eigenvalue weighted by Crippen LogP contribution is 2.33. The van der Waals surface area contributed by atoms with E-state index in [-0.39, 0.29) is 5.91 Å². The summed E-state index contributed by atoms with van der Waals surface area (Å²) in [5.41, 5.74) is 10.0. The van der Waals surface area contributed by atoms with E-state index >= 15 is 0 Å². The molecule has 0 bridgehead atoms. The second-order valence-corrected chi connectivity index (χ2v) is 6.51. The van der Waals surface area contributed by atoms with Crippen molar-refractivity contribution in [3.63, 3.8) is 0 Å². The van der Waals surface area contributed by atoms with Crippen LogP contribution in [0.2, 0.25) is 0 Å². The second kappa shape index (κ2) is 5.96. The Morgan fingerprint density at radius 2 is 2.00 bits per heavy atom. The molecule has 1 aliphatic heterocycles. The number of anilines is 3. The molecule has 0 aromatic heterocycles. The van der Waals surface area contributed by atoms with Gasteiger partial charge in [-0.25, -0.2) is 0 Å². The zero-order valence-corrected chi connectivity index (χ0v) is 12.7. The number of nitrogens with one attached hydrogen (secondary N) is 2. The van der Waals surface area contributed by atoms with Gasteiger partial charge in [-0.1, -0.05) is 26.2 Å². The van der Waals surface area contributed by atoms with Gasteiger partial charge in [0.15, 0.2) is 0 Å². The molecule has 0 radical (unpaired) electrons. The molecule has 1 fully saturated rings. The first kappa shape index (κ1) is 14.2. The Kier molecular flexibility index (Phi) is 4.04. The monoisotopic (exact) mass is 287 g/mol. The number of nitrogens with two attached hydrogens (primary N) is 1. The molecule has 2 aliphatic rings. The summed E-state index contributed by atoms with van der Waals surface area (Å²) in [4.78, 5) is 11.5. The molecule has 114 valence electrons. The molecule has 21 heavy (non-hydrogen) atoms. The van der Waals surface area contributed by atoms with Gasteiger partial charge in [0.1, 0.15) is 0 Å². The van der Waals surface area contributed by atoms with Crippen LogP contribution in [0.4, 0.5) is 17.1 Å². The van der Waals surface area contributed by atoms with E-state index in [1.54, 1.807) is 0 Å². The van der Waals surface area contributed by atoms with Crippen LogP contribution in [-0.4, -0.2) is 11.9 Å². The van der Waals surface area contributed by atoms with Crippen molar-refractivity contribution in [2.75, 3.05) is 16.4 Å². The molecule has 4 N–H and O–H groups in total. The molecule has 0 saturated heterocycles. The Morgan fingerprint density at radius 3 is 2.86 bits per heavy atom. The summed E-state index contributed by atoms with van der Waals surface area (Å²) < 4.78 is 0. The van der Waals surface area contributed by atoms with Crippen molar-refractivity contribution >= 4 is 23.0 Å².